The van der Waals surface area contributed by atoms with Crippen LogP contribution in [0.5, 0.6) is 5.75 Å². The third kappa shape index (κ3) is 3.79. The number of fused-ring (bicyclic) bond motifs is 1. The highest BCUT2D eigenvalue weighted by atomic mass is 19.1. The number of rotatable bonds is 4. The fourth-order valence-electron chi connectivity index (χ4n) is 3.63. The number of halogens is 1. The van der Waals surface area contributed by atoms with E-state index in [1.807, 2.05) is 53.4 Å². The molecule has 0 aromatic heterocycles. The Hall–Kier alpha value is -3.08. The molecule has 1 heterocycles. The van der Waals surface area contributed by atoms with Gasteiger partial charge in [-0.15, -0.1) is 0 Å². The third-order valence-electron chi connectivity index (χ3n) is 5.17. The Labute approximate surface area is 164 Å². The second kappa shape index (κ2) is 7.89. The predicted molar refractivity (Wildman–Crippen MR) is 109 cm³/mol. The highest BCUT2D eigenvalue weighted by Crippen LogP contribution is 2.23. The Kier molecular flexibility index (Phi) is 5.15. The molecule has 0 N–H and O–H groups in total. The summed E-state index contributed by atoms with van der Waals surface area (Å²) in [7, 11) is 0. The Morgan fingerprint density at radius 2 is 1.61 bits per heavy atom. The molecule has 1 saturated heterocycles. The van der Waals surface area contributed by atoms with Gasteiger partial charge in [-0.1, -0.05) is 42.5 Å². The first kappa shape index (κ1) is 18.3. The number of anilines is 1. The minimum absolute atomic E-state index is 0.0404. The molecule has 1 fully saturated rings. The first-order valence-corrected chi connectivity index (χ1v) is 9.55. The van der Waals surface area contributed by atoms with E-state index >= 15 is 0 Å². The molecule has 0 bridgehead atoms. The van der Waals surface area contributed by atoms with E-state index in [0.29, 0.717) is 37.6 Å². The second-order valence-electron chi connectivity index (χ2n) is 7.03. The molecule has 4 rings (SSSR count). The van der Waals surface area contributed by atoms with Gasteiger partial charge in [0.2, 0.25) is 0 Å². The number of carbonyl (C=O) groups excluding carboxylic acids is 1. The van der Waals surface area contributed by atoms with Gasteiger partial charge in [-0.05, 0) is 42.0 Å². The van der Waals surface area contributed by atoms with Crippen LogP contribution in [0.25, 0.3) is 10.8 Å². The molecule has 1 atom stereocenters. The molecule has 0 spiro atoms. The van der Waals surface area contributed by atoms with Crippen LogP contribution in [-0.4, -0.2) is 43.1 Å². The SMILES string of the molecule is C[C@@H](Oc1ccc2ccccc2c1)C(=O)N1CCN(c2ccccc2F)CC1. The zero-order valence-corrected chi connectivity index (χ0v) is 15.8. The molecule has 0 aliphatic carbocycles. The van der Waals surface area contributed by atoms with Crippen molar-refractivity contribution in [2.75, 3.05) is 31.1 Å². The molecule has 0 unspecified atom stereocenters. The van der Waals surface area contributed by atoms with E-state index in [9.17, 15) is 9.18 Å². The summed E-state index contributed by atoms with van der Waals surface area (Å²) in [5.41, 5.74) is 0.593. The van der Waals surface area contributed by atoms with Gasteiger partial charge >= 0.3 is 0 Å². The molecule has 4 nitrogen and oxygen atoms in total. The number of amides is 1. The van der Waals surface area contributed by atoms with Crippen LogP contribution >= 0.6 is 0 Å². The average Bonchev–Trinajstić information content (AvgIpc) is 2.73. The van der Waals surface area contributed by atoms with Gasteiger partial charge in [-0.2, -0.15) is 0 Å². The Morgan fingerprint density at radius 3 is 2.36 bits per heavy atom. The summed E-state index contributed by atoms with van der Waals surface area (Å²) in [6.45, 7) is 4.10. The average molecular weight is 378 g/mol. The van der Waals surface area contributed by atoms with Crippen molar-refractivity contribution in [2.24, 2.45) is 0 Å². The number of hydrogen-bond acceptors (Lipinski definition) is 3. The Bertz CT molecular complexity index is 983. The Morgan fingerprint density at radius 1 is 0.929 bits per heavy atom. The highest BCUT2D eigenvalue weighted by Gasteiger charge is 2.27. The van der Waals surface area contributed by atoms with E-state index in [-0.39, 0.29) is 11.7 Å². The first-order chi connectivity index (χ1) is 13.6. The summed E-state index contributed by atoms with van der Waals surface area (Å²) in [4.78, 5) is 16.6. The fraction of sp³-hybridized carbons (Fsp3) is 0.261. The van der Waals surface area contributed by atoms with Crippen LogP contribution in [0.4, 0.5) is 10.1 Å². The molecule has 0 saturated carbocycles. The predicted octanol–water partition coefficient (Wildman–Crippen LogP) is 4.10. The molecule has 3 aromatic rings. The summed E-state index contributed by atoms with van der Waals surface area (Å²) in [6, 6.07) is 20.6. The fourth-order valence-corrected chi connectivity index (χ4v) is 3.63. The molecular weight excluding hydrogens is 355 g/mol. The lowest BCUT2D eigenvalue weighted by molar-refractivity contribution is -0.138. The summed E-state index contributed by atoms with van der Waals surface area (Å²) < 4.78 is 19.9. The van der Waals surface area contributed by atoms with Gasteiger partial charge in [0.15, 0.2) is 6.10 Å². The lowest BCUT2D eigenvalue weighted by Crippen LogP contribution is -2.52. The van der Waals surface area contributed by atoms with Gasteiger partial charge < -0.3 is 14.5 Å². The van der Waals surface area contributed by atoms with Crippen molar-refractivity contribution in [2.45, 2.75) is 13.0 Å². The van der Waals surface area contributed by atoms with Gasteiger partial charge in [-0.3, -0.25) is 4.79 Å². The van der Waals surface area contributed by atoms with Crippen LogP contribution < -0.4 is 9.64 Å². The monoisotopic (exact) mass is 378 g/mol. The maximum atomic E-state index is 14.0. The largest absolute Gasteiger partial charge is 0.481 e. The summed E-state index contributed by atoms with van der Waals surface area (Å²) in [5.74, 6) is 0.418. The van der Waals surface area contributed by atoms with Crippen LogP contribution in [0.15, 0.2) is 66.7 Å². The molecule has 144 valence electrons. The van der Waals surface area contributed by atoms with Crippen LogP contribution in [0.3, 0.4) is 0 Å². The number of nitrogens with zero attached hydrogens (tertiary/aromatic N) is 2. The van der Waals surface area contributed by atoms with Crippen molar-refractivity contribution < 1.29 is 13.9 Å². The molecule has 0 radical (unpaired) electrons. The molecule has 28 heavy (non-hydrogen) atoms. The van der Waals surface area contributed by atoms with E-state index < -0.39 is 6.10 Å². The minimum Gasteiger partial charge on any atom is -0.481 e. The second-order valence-corrected chi connectivity index (χ2v) is 7.03. The maximum absolute atomic E-state index is 14.0. The Balaban J connectivity index is 1.37. The van der Waals surface area contributed by atoms with Gasteiger partial charge in [0.1, 0.15) is 11.6 Å². The molecule has 5 heteroatoms. The van der Waals surface area contributed by atoms with Gasteiger partial charge in [-0.25, -0.2) is 4.39 Å². The van der Waals surface area contributed by atoms with E-state index in [1.165, 1.54) is 6.07 Å². The number of ether oxygens (including phenoxy) is 1. The topological polar surface area (TPSA) is 32.8 Å². The molecule has 3 aromatic carbocycles. The third-order valence-corrected chi connectivity index (χ3v) is 5.17. The van der Waals surface area contributed by atoms with Crippen molar-refractivity contribution in [1.82, 2.24) is 4.90 Å². The van der Waals surface area contributed by atoms with Crippen LogP contribution in [0.1, 0.15) is 6.92 Å². The van der Waals surface area contributed by atoms with Gasteiger partial charge in [0, 0.05) is 26.2 Å². The smallest absolute Gasteiger partial charge is 0.263 e. The number of para-hydroxylation sites is 1. The minimum atomic E-state index is -0.568. The van der Waals surface area contributed by atoms with E-state index in [0.717, 1.165) is 10.8 Å². The van der Waals surface area contributed by atoms with E-state index in [1.54, 1.807) is 24.0 Å². The number of carbonyl (C=O) groups is 1. The van der Waals surface area contributed by atoms with Crippen LogP contribution in [-0.2, 0) is 4.79 Å². The van der Waals surface area contributed by atoms with Crippen molar-refractivity contribution in [3.63, 3.8) is 0 Å². The summed E-state index contributed by atoms with van der Waals surface area (Å²) in [6.07, 6.45) is -0.568. The van der Waals surface area contributed by atoms with Crippen molar-refractivity contribution in [3.05, 3.63) is 72.5 Å². The highest BCUT2D eigenvalue weighted by molar-refractivity contribution is 5.84. The van der Waals surface area contributed by atoms with Crippen LogP contribution in [0, 0.1) is 5.82 Å². The van der Waals surface area contributed by atoms with Crippen molar-refractivity contribution >= 4 is 22.4 Å². The molecular formula is C23H23FN2O2. The van der Waals surface area contributed by atoms with E-state index in [2.05, 4.69) is 0 Å². The quantitative estimate of drug-likeness (QED) is 0.685. The first-order valence-electron chi connectivity index (χ1n) is 9.55. The lowest BCUT2D eigenvalue weighted by atomic mass is 10.1. The van der Waals surface area contributed by atoms with E-state index in [4.69, 9.17) is 4.74 Å². The van der Waals surface area contributed by atoms with Gasteiger partial charge in [0.05, 0.1) is 5.69 Å². The summed E-state index contributed by atoms with van der Waals surface area (Å²) in [5, 5.41) is 2.22. The van der Waals surface area contributed by atoms with Crippen LogP contribution in [0.2, 0.25) is 0 Å². The number of piperazine rings is 1. The van der Waals surface area contributed by atoms with Crippen molar-refractivity contribution in [1.29, 1.82) is 0 Å². The summed E-state index contributed by atoms with van der Waals surface area (Å²) >= 11 is 0. The number of benzene rings is 3. The normalized spacial score (nSPS) is 15.5. The standard InChI is InChI=1S/C23H23FN2O2/c1-17(28-20-11-10-18-6-2-3-7-19(18)16-20)23(27)26-14-12-25(13-15-26)22-9-5-4-8-21(22)24/h2-11,16-17H,12-15H2,1H3/t17-/m1/s1. The van der Waals surface area contributed by atoms with Gasteiger partial charge in [0.25, 0.3) is 5.91 Å². The maximum Gasteiger partial charge on any atom is 0.263 e. The molecule has 1 aliphatic rings. The lowest BCUT2D eigenvalue weighted by Gasteiger charge is -2.37. The molecule has 1 aliphatic heterocycles. The zero-order chi connectivity index (χ0) is 19.5. The van der Waals surface area contributed by atoms with Crippen molar-refractivity contribution in [3.8, 4) is 5.75 Å². The zero-order valence-electron chi connectivity index (χ0n) is 15.8. The molecule has 1 amide bonds. The number of hydrogen-bond donors (Lipinski definition) is 0.